The van der Waals surface area contributed by atoms with Crippen molar-refractivity contribution in [2.24, 2.45) is 34.5 Å². The van der Waals surface area contributed by atoms with Crippen LogP contribution in [0.5, 0.6) is 0 Å². The fourth-order valence-corrected chi connectivity index (χ4v) is 8.85. The van der Waals surface area contributed by atoms with Gasteiger partial charge in [-0.3, -0.25) is 9.59 Å². The second-order valence-corrected chi connectivity index (χ2v) is 13.0. The Morgan fingerprint density at radius 3 is 2.37 bits per heavy atom. The van der Waals surface area contributed by atoms with Crippen molar-refractivity contribution in [2.45, 2.75) is 129 Å². The first-order chi connectivity index (χ1) is 16.8. The van der Waals surface area contributed by atoms with Crippen molar-refractivity contribution in [1.82, 2.24) is 5.32 Å². The normalized spacial score (nSPS) is 38.3. The number of amides is 1. The lowest BCUT2D eigenvalue weighted by Gasteiger charge is -2.60. The van der Waals surface area contributed by atoms with Crippen LogP contribution < -0.4 is 5.32 Å². The molecule has 3 fully saturated rings. The lowest BCUT2D eigenvalue weighted by atomic mass is 9.44. The maximum atomic E-state index is 12.3. The summed E-state index contributed by atoms with van der Waals surface area (Å²) in [6.45, 7) is 4.86. The van der Waals surface area contributed by atoms with Gasteiger partial charge in [0.15, 0.2) is 5.78 Å². The van der Waals surface area contributed by atoms with Crippen LogP contribution in [0.25, 0.3) is 0 Å². The van der Waals surface area contributed by atoms with Crippen molar-refractivity contribution in [1.29, 1.82) is 0 Å². The highest BCUT2D eigenvalue weighted by Gasteiger charge is 2.60. The standard InChI is InChI=1S/C31H51NO3/c1-30-18-16-24(33)21-23(30)20-22(12-10-8-6-4-5-7-9-11-13-28(35)32-3)29-25-14-15-27(34)31(25,2)19-17-26(29)30/h21-22,25-27,29,34H,4-20H2,1-3H3,(H,32,35)/t22-,25?,26?,27-,29?,30-,31-/m0/s1. The van der Waals surface area contributed by atoms with Crippen LogP contribution in [0.2, 0.25) is 0 Å². The molecule has 3 unspecified atom stereocenters. The van der Waals surface area contributed by atoms with Gasteiger partial charge in [0.05, 0.1) is 6.10 Å². The second-order valence-electron chi connectivity index (χ2n) is 13.0. The molecule has 0 aliphatic heterocycles. The van der Waals surface area contributed by atoms with Crippen molar-refractivity contribution in [3.8, 4) is 0 Å². The van der Waals surface area contributed by atoms with E-state index in [2.05, 4.69) is 19.2 Å². The van der Waals surface area contributed by atoms with E-state index < -0.39 is 0 Å². The number of aliphatic hydroxyl groups is 1. The Morgan fingerprint density at radius 1 is 0.971 bits per heavy atom. The fourth-order valence-electron chi connectivity index (χ4n) is 8.85. The van der Waals surface area contributed by atoms with Gasteiger partial charge in [0, 0.05) is 19.9 Å². The monoisotopic (exact) mass is 485 g/mol. The molecule has 0 aromatic rings. The molecule has 1 amide bonds. The molecule has 4 heteroatoms. The Labute approximate surface area is 214 Å². The zero-order valence-electron chi connectivity index (χ0n) is 22.7. The number of hydrogen-bond acceptors (Lipinski definition) is 3. The second kappa shape index (κ2) is 11.5. The maximum Gasteiger partial charge on any atom is 0.219 e. The van der Waals surface area contributed by atoms with E-state index in [1.807, 2.05) is 6.08 Å². The number of rotatable bonds is 11. The molecule has 0 bridgehead atoms. The van der Waals surface area contributed by atoms with Gasteiger partial charge >= 0.3 is 0 Å². The van der Waals surface area contributed by atoms with Gasteiger partial charge in [-0.05, 0) is 91.9 Å². The van der Waals surface area contributed by atoms with Crippen LogP contribution in [0.1, 0.15) is 123 Å². The Morgan fingerprint density at radius 2 is 1.66 bits per heavy atom. The number of aliphatic hydroxyl groups excluding tert-OH is 1. The van der Waals surface area contributed by atoms with E-state index in [9.17, 15) is 14.7 Å². The minimum absolute atomic E-state index is 0.110. The summed E-state index contributed by atoms with van der Waals surface area (Å²) in [5.41, 5.74) is 1.79. The molecule has 0 heterocycles. The predicted molar refractivity (Wildman–Crippen MR) is 142 cm³/mol. The van der Waals surface area contributed by atoms with Gasteiger partial charge in [0.1, 0.15) is 0 Å². The van der Waals surface area contributed by atoms with Gasteiger partial charge in [-0.1, -0.05) is 64.4 Å². The predicted octanol–water partition coefficient (Wildman–Crippen LogP) is 6.75. The van der Waals surface area contributed by atoms with Crippen molar-refractivity contribution in [3.05, 3.63) is 11.6 Å². The number of hydrogen-bond donors (Lipinski definition) is 2. The molecule has 4 rings (SSSR count). The van der Waals surface area contributed by atoms with E-state index >= 15 is 0 Å². The molecule has 0 saturated heterocycles. The Kier molecular flexibility index (Phi) is 8.82. The van der Waals surface area contributed by atoms with Crippen molar-refractivity contribution in [2.75, 3.05) is 7.05 Å². The van der Waals surface area contributed by atoms with Gasteiger partial charge in [0.25, 0.3) is 0 Å². The topological polar surface area (TPSA) is 66.4 Å². The first-order valence-electron chi connectivity index (χ1n) is 14.9. The number of carbonyl (C=O) groups is 2. The third-order valence-electron chi connectivity index (χ3n) is 11.1. The van der Waals surface area contributed by atoms with Crippen LogP contribution in [0, 0.1) is 34.5 Å². The number of nitrogens with one attached hydrogen (secondary N) is 1. The molecule has 4 aliphatic carbocycles. The molecule has 3 saturated carbocycles. The summed E-state index contributed by atoms with van der Waals surface area (Å²) in [6, 6.07) is 0. The zero-order valence-corrected chi connectivity index (χ0v) is 22.7. The zero-order chi connectivity index (χ0) is 25.1. The summed E-state index contributed by atoms with van der Waals surface area (Å²) in [7, 11) is 1.71. The summed E-state index contributed by atoms with van der Waals surface area (Å²) >= 11 is 0. The lowest BCUT2D eigenvalue weighted by Crippen LogP contribution is -2.54. The van der Waals surface area contributed by atoms with Crippen LogP contribution in [0.3, 0.4) is 0 Å². The number of ketones is 1. The average molecular weight is 486 g/mol. The third kappa shape index (κ3) is 5.58. The van der Waals surface area contributed by atoms with Crippen LogP contribution in [0.15, 0.2) is 11.6 Å². The molecule has 0 radical (unpaired) electrons. The summed E-state index contributed by atoms with van der Waals surface area (Å²) in [5.74, 6) is 3.27. The largest absolute Gasteiger partial charge is 0.393 e. The average Bonchev–Trinajstić information content (AvgIpc) is 3.15. The molecular weight excluding hydrogens is 434 g/mol. The molecule has 198 valence electrons. The van der Waals surface area contributed by atoms with Crippen LogP contribution in [0.4, 0.5) is 0 Å². The SMILES string of the molecule is CNC(=O)CCCCCCCCCC[C@H]1CC2=CC(=O)CC[C@]2(C)C2CC[C@@]3(C)C(CC[C@@H]3O)C21. The van der Waals surface area contributed by atoms with E-state index in [1.54, 1.807) is 7.05 Å². The van der Waals surface area contributed by atoms with Crippen LogP contribution >= 0.6 is 0 Å². The van der Waals surface area contributed by atoms with Gasteiger partial charge in [-0.15, -0.1) is 0 Å². The van der Waals surface area contributed by atoms with Crippen molar-refractivity contribution < 1.29 is 14.7 Å². The van der Waals surface area contributed by atoms with Gasteiger partial charge in [-0.25, -0.2) is 0 Å². The maximum absolute atomic E-state index is 12.3. The number of allylic oxidation sites excluding steroid dienone is 1. The molecular formula is C31H51NO3. The third-order valence-corrected chi connectivity index (χ3v) is 11.1. The summed E-state index contributed by atoms with van der Waals surface area (Å²) in [5, 5.41) is 13.6. The highest BCUT2D eigenvalue weighted by molar-refractivity contribution is 5.91. The van der Waals surface area contributed by atoms with Crippen molar-refractivity contribution >= 4 is 11.7 Å². The number of fused-ring (bicyclic) bond motifs is 5. The van der Waals surface area contributed by atoms with Crippen LogP contribution in [-0.2, 0) is 9.59 Å². The number of unbranched alkanes of at least 4 members (excludes halogenated alkanes) is 7. The van der Waals surface area contributed by atoms with E-state index in [1.165, 1.54) is 63.4 Å². The van der Waals surface area contributed by atoms with E-state index in [-0.39, 0.29) is 22.8 Å². The van der Waals surface area contributed by atoms with Crippen molar-refractivity contribution in [3.63, 3.8) is 0 Å². The van der Waals surface area contributed by atoms with Gasteiger partial charge in [-0.2, -0.15) is 0 Å². The minimum atomic E-state index is -0.122. The van der Waals surface area contributed by atoms with E-state index in [0.29, 0.717) is 30.0 Å². The Balaban J connectivity index is 1.30. The highest BCUT2D eigenvalue weighted by Crippen LogP contribution is 2.67. The molecule has 2 N–H and O–H groups in total. The Hall–Kier alpha value is -1.16. The molecule has 4 nitrogen and oxygen atoms in total. The summed E-state index contributed by atoms with van der Waals surface area (Å²) in [4.78, 5) is 23.6. The first-order valence-corrected chi connectivity index (χ1v) is 14.9. The van der Waals surface area contributed by atoms with Gasteiger partial charge in [0.2, 0.25) is 5.91 Å². The fraction of sp³-hybridized carbons (Fsp3) is 0.871. The van der Waals surface area contributed by atoms with Gasteiger partial charge < -0.3 is 10.4 Å². The van der Waals surface area contributed by atoms with Crippen LogP contribution in [-0.4, -0.2) is 29.9 Å². The first kappa shape index (κ1) is 26.9. The lowest BCUT2D eigenvalue weighted by molar-refractivity contribution is -0.121. The van der Waals surface area contributed by atoms with E-state index in [4.69, 9.17) is 0 Å². The molecule has 0 spiro atoms. The van der Waals surface area contributed by atoms with E-state index in [0.717, 1.165) is 50.9 Å². The minimum Gasteiger partial charge on any atom is -0.393 e. The smallest absolute Gasteiger partial charge is 0.219 e. The molecule has 35 heavy (non-hydrogen) atoms. The molecule has 0 aromatic heterocycles. The molecule has 4 aliphatic rings. The quantitative estimate of drug-likeness (QED) is 0.318. The molecule has 0 aromatic carbocycles. The summed E-state index contributed by atoms with van der Waals surface area (Å²) in [6.07, 6.45) is 21.3. The summed E-state index contributed by atoms with van der Waals surface area (Å²) < 4.78 is 0. The highest BCUT2D eigenvalue weighted by atomic mass is 16.3. The number of carbonyl (C=O) groups excluding carboxylic acids is 2. The molecule has 7 atom stereocenters. The Bertz CT molecular complexity index is 790.